The van der Waals surface area contributed by atoms with Gasteiger partial charge in [0.25, 0.3) is 0 Å². The number of carbonyl (C=O) groups is 1. The van der Waals surface area contributed by atoms with Crippen LogP contribution in [0.15, 0.2) is 42.5 Å². The average Bonchev–Trinajstić information content (AvgIpc) is 3.14. The summed E-state index contributed by atoms with van der Waals surface area (Å²) in [4.78, 5) is 17.3. The number of amides is 1. The van der Waals surface area contributed by atoms with E-state index in [-0.39, 0.29) is 36.5 Å². The van der Waals surface area contributed by atoms with Gasteiger partial charge in [-0.1, -0.05) is 41.2 Å². The van der Waals surface area contributed by atoms with E-state index in [1.165, 1.54) is 6.42 Å². The van der Waals surface area contributed by atoms with E-state index in [1.807, 2.05) is 5.01 Å². The van der Waals surface area contributed by atoms with Crippen molar-refractivity contribution in [2.75, 3.05) is 13.1 Å². The Morgan fingerprint density at radius 3 is 2.19 bits per heavy atom. The molecule has 2 aromatic carbocycles. The molecule has 31 heavy (non-hydrogen) atoms. The molecule has 1 aliphatic rings. The Morgan fingerprint density at radius 1 is 0.903 bits per heavy atom. The van der Waals surface area contributed by atoms with Crippen LogP contribution in [-0.2, 0) is 0 Å². The molecule has 1 aromatic heterocycles. The standard InChI is InChI=1S/C20H18Cl3N5O.2ClH/c21-13-4-7-15(8-5-13)28-19(16-9-6-14(22)12-17(16)23)24-18(25-28)20(29)26-27-10-2-1-3-11-27;;/h4-9,12H,1-3,10-11H2,(H,26,29);2*1H. The highest BCUT2D eigenvalue weighted by Gasteiger charge is 2.22. The number of hydrazine groups is 1. The Bertz CT molecular complexity index is 1030. The van der Waals surface area contributed by atoms with Crippen LogP contribution in [-0.4, -0.2) is 38.8 Å². The number of nitrogens with one attached hydrogen (secondary N) is 1. The Hall–Kier alpha value is -1.54. The molecule has 0 aliphatic carbocycles. The number of hydrogen-bond acceptors (Lipinski definition) is 4. The lowest BCUT2D eigenvalue weighted by Gasteiger charge is -2.26. The maximum atomic E-state index is 12.8. The summed E-state index contributed by atoms with van der Waals surface area (Å²) in [6, 6.07) is 12.2. The lowest BCUT2D eigenvalue weighted by atomic mass is 10.2. The van der Waals surface area contributed by atoms with Gasteiger partial charge in [0.15, 0.2) is 5.82 Å². The Morgan fingerprint density at radius 2 is 1.55 bits per heavy atom. The maximum absolute atomic E-state index is 12.8. The van der Waals surface area contributed by atoms with E-state index in [2.05, 4.69) is 15.5 Å². The summed E-state index contributed by atoms with van der Waals surface area (Å²) in [5.41, 5.74) is 4.22. The van der Waals surface area contributed by atoms with Crippen LogP contribution in [0.25, 0.3) is 17.1 Å². The highest BCUT2D eigenvalue weighted by atomic mass is 35.5. The molecule has 0 atom stereocenters. The van der Waals surface area contributed by atoms with Gasteiger partial charge in [-0.2, -0.15) is 0 Å². The SMILES string of the molecule is Cl.Cl.O=C(NN1CCCCC1)c1nc(-c2ccc(Cl)cc2Cl)n(-c2ccc(Cl)cc2)n1. The number of hydrogen-bond donors (Lipinski definition) is 1. The molecule has 0 spiro atoms. The van der Waals surface area contributed by atoms with Crippen LogP contribution in [0, 0.1) is 0 Å². The van der Waals surface area contributed by atoms with Crippen molar-refractivity contribution < 1.29 is 4.79 Å². The summed E-state index contributed by atoms with van der Waals surface area (Å²) in [6.45, 7) is 1.64. The zero-order valence-electron chi connectivity index (χ0n) is 16.2. The number of aromatic nitrogens is 3. The van der Waals surface area contributed by atoms with Crippen LogP contribution in [0.2, 0.25) is 15.1 Å². The van der Waals surface area contributed by atoms with Crippen LogP contribution in [0.5, 0.6) is 0 Å². The molecule has 1 N–H and O–H groups in total. The predicted molar refractivity (Wildman–Crippen MR) is 129 cm³/mol. The molecule has 1 fully saturated rings. The van der Waals surface area contributed by atoms with Crippen molar-refractivity contribution in [3.05, 3.63) is 63.4 Å². The normalized spacial score (nSPS) is 13.8. The second-order valence-electron chi connectivity index (χ2n) is 6.76. The predicted octanol–water partition coefficient (Wildman–Crippen LogP) is 5.87. The smallest absolute Gasteiger partial charge is 0.282 e. The highest BCUT2D eigenvalue weighted by Crippen LogP contribution is 2.31. The number of benzene rings is 2. The summed E-state index contributed by atoms with van der Waals surface area (Å²) >= 11 is 18.4. The van der Waals surface area contributed by atoms with Gasteiger partial charge in [0.05, 0.1) is 10.7 Å². The van der Waals surface area contributed by atoms with E-state index in [9.17, 15) is 4.79 Å². The van der Waals surface area contributed by atoms with Gasteiger partial charge in [-0.25, -0.2) is 14.7 Å². The van der Waals surface area contributed by atoms with Crippen molar-refractivity contribution in [2.24, 2.45) is 0 Å². The Balaban J connectivity index is 0.00000171. The number of rotatable bonds is 4. The molecule has 11 heteroatoms. The number of halogens is 5. The van der Waals surface area contributed by atoms with E-state index in [0.717, 1.165) is 25.9 Å². The Labute approximate surface area is 207 Å². The van der Waals surface area contributed by atoms with Crippen LogP contribution >= 0.6 is 59.6 Å². The molecule has 166 valence electrons. The van der Waals surface area contributed by atoms with Gasteiger partial charge in [0, 0.05) is 28.7 Å². The summed E-state index contributed by atoms with van der Waals surface area (Å²) < 4.78 is 1.58. The number of nitrogens with zero attached hydrogens (tertiary/aromatic N) is 4. The Kier molecular flexibility index (Phi) is 9.43. The van der Waals surface area contributed by atoms with Crippen molar-refractivity contribution in [2.45, 2.75) is 19.3 Å². The zero-order chi connectivity index (χ0) is 20.4. The van der Waals surface area contributed by atoms with Crippen LogP contribution < -0.4 is 5.43 Å². The van der Waals surface area contributed by atoms with Crippen molar-refractivity contribution in [3.8, 4) is 17.1 Å². The molecule has 0 radical (unpaired) electrons. The lowest BCUT2D eigenvalue weighted by Crippen LogP contribution is -2.45. The molecule has 1 aliphatic heterocycles. The summed E-state index contributed by atoms with van der Waals surface area (Å²) in [6.07, 6.45) is 3.28. The first kappa shape index (κ1) is 25.7. The van der Waals surface area contributed by atoms with Gasteiger partial charge in [-0.15, -0.1) is 29.9 Å². The van der Waals surface area contributed by atoms with E-state index < -0.39 is 0 Å². The first-order valence-electron chi connectivity index (χ1n) is 9.25. The quantitative estimate of drug-likeness (QED) is 0.465. The molecular formula is C20H20Cl5N5O. The molecule has 1 saturated heterocycles. The number of piperidine rings is 1. The third-order valence-electron chi connectivity index (χ3n) is 4.67. The molecule has 6 nitrogen and oxygen atoms in total. The largest absolute Gasteiger partial charge is 0.305 e. The molecule has 0 saturated carbocycles. The van der Waals surface area contributed by atoms with E-state index in [0.29, 0.717) is 32.1 Å². The minimum atomic E-state index is -0.356. The summed E-state index contributed by atoms with van der Waals surface area (Å²) in [5.74, 6) is 0.148. The molecule has 0 bridgehead atoms. The molecule has 2 heterocycles. The van der Waals surface area contributed by atoms with Gasteiger partial charge >= 0.3 is 5.91 Å². The fraction of sp³-hybridized carbons (Fsp3) is 0.250. The van der Waals surface area contributed by atoms with Crippen molar-refractivity contribution in [3.63, 3.8) is 0 Å². The third kappa shape index (κ3) is 6.04. The zero-order valence-corrected chi connectivity index (χ0v) is 20.1. The van der Waals surface area contributed by atoms with Gasteiger partial charge in [0.2, 0.25) is 5.82 Å². The lowest BCUT2D eigenvalue weighted by molar-refractivity contribution is 0.0739. The minimum absolute atomic E-state index is 0. The van der Waals surface area contributed by atoms with Crippen LogP contribution in [0.4, 0.5) is 0 Å². The molecule has 0 unspecified atom stereocenters. The maximum Gasteiger partial charge on any atom is 0.305 e. The third-order valence-corrected chi connectivity index (χ3v) is 5.47. The topological polar surface area (TPSA) is 63.1 Å². The van der Waals surface area contributed by atoms with E-state index in [4.69, 9.17) is 34.8 Å². The van der Waals surface area contributed by atoms with Crippen molar-refractivity contribution >= 4 is 65.5 Å². The van der Waals surface area contributed by atoms with Crippen molar-refractivity contribution in [1.29, 1.82) is 0 Å². The highest BCUT2D eigenvalue weighted by molar-refractivity contribution is 6.36. The average molecular weight is 524 g/mol. The fourth-order valence-corrected chi connectivity index (χ4v) is 3.83. The summed E-state index contributed by atoms with van der Waals surface area (Å²) in [7, 11) is 0. The van der Waals surface area contributed by atoms with Crippen LogP contribution in [0.1, 0.15) is 29.9 Å². The van der Waals surface area contributed by atoms with Gasteiger partial charge in [-0.3, -0.25) is 10.2 Å². The van der Waals surface area contributed by atoms with E-state index >= 15 is 0 Å². The van der Waals surface area contributed by atoms with Crippen LogP contribution in [0.3, 0.4) is 0 Å². The molecular weight excluding hydrogens is 504 g/mol. The minimum Gasteiger partial charge on any atom is -0.282 e. The molecule has 4 rings (SSSR count). The fourth-order valence-electron chi connectivity index (χ4n) is 3.22. The molecule has 3 aromatic rings. The van der Waals surface area contributed by atoms with Gasteiger partial charge in [-0.05, 0) is 55.3 Å². The second-order valence-corrected chi connectivity index (χ2v) is 8.04. The summed E-state index contributed by atoms with van der Waals surface area (Å²) in [5, 5.41) is 7.89. The molecule has 1 amide bonds. The number of carbonyl (C=O) groups excluding carboxylic acids is 1. The van der Waals surface area contributed by atoms with E-state index in [1.54, 1.807) is 47.1 Å². The first-order chi connectivity index (χ1) is 14.0. The monoisotopic (exact) mass is 521 g/mol. The van der Waals surface area contributed by atoms with Gasteiger partial charge < -0.3 is 0 Å². The first-order valence-corrected chi connectivity index (χ1v) is 10.4. The second kappa shape index (κ2) is 11.4. The van der Waals surface area contributed by atoms with Gasteiger partial charge in [0.1, 0.15) is 0 Å². The van der Waals surface area contributed by atoms with Crippen molar-refractivity contribution in [1.82, 2.24) is 25.2 Å².